The molecule has 1 aliphatic rings. The monoisotopic (exact) mass is 152 g/mol. The summed E-state index contributed by atoms with van der Waals surface area (Å²) in [6.07, 6.45) is 1.76. The maximum absolute atomic E-state index is 9.73. The van der Waals surface area contributed by atoms with Crippen molar-refractivity contribution < 1.29 is 9.52 Å². The molecular weight excluding hydrogens is 140 g/mol. The third-order valence-corrected chi connectivity index (χ3v) is 2.27. The third-order valence-electron chi connectivity index (χ3n) is 2.27. The van der Waals surface area contributed by atoms with Gasteiger partial charge in [0.05, 0.1) is 5.60 Å². The number of aliphatic hydroxyl groups is 1. The Morgan fingerprint density at radius 1 is 1.45 bits per heavy atom. The normalized spacial score (nSPS) is 20.3. The van der Waals surface area contributed by atoms with Crippen molar-refractivity contribution in [3.05, 3.63) is 23.2 Å². The lowest BCUT2D eigenvalue weighted by Crippen LogP contribution is -2.03. The minimum absolute atomic E-state index is 0.540. The van der Waals surface area contributed by atoms with E-state index in [1.165, 1.54) is 0 Å². The summed E-state index contributed by atoms with van der Waals surface area (Å²) in [5, 5.41) is 9.73. The molecular formula is C9H12O2. The van der Waals surface area contributed by atoms with Gasteiger partial charge in [0.1, 0.15) is 11.5 Å². The molecule has 1 fully saturated rings. The minimum Gasteiger partial charge on any atom is -0.466 e. The van der Waals surface area contributed by atoms with Crippen LogP contribution in [0.3, 0.4) is 0 Å². The Morgan fingerprint density at radius 2 is 2.09 bits per heavy atom. The van der Waals surface area contributed by atoms with E-state index in [-0.39, 0.29) is 0 Å². The molecule has 0 unspecified atom stereocenters. The average Bonchev–Trinajstić information content (AvgIpc) is 2.55. The molecule has 2 nitrogen and oxygen atoms in total. The van der Waals surface area contributed by atoms with E-state index in [9.17, 15) is 5.11 Å². The summed E-state index contributed by atoms with van der Waals surface area (Å²) in [5.74, 6) is 1.75. The Balaban J connectivity index is 2.44. The van der Waals surface area contributed by atoms with E-state index < -0.39 is 5.60 Å². The summed E-state index contributed by atoms with van der Waals surface area (Å²) in [7, 11) is 0. The van der Waals surface area contributed by atoms with Gasteiger partial charge in [0.2, 0.25) is 0 Å². The van der Waals surface area contributed by atoms with Crippen molar-refractivity contribution in [3.8, 4) is 0 Å². The Morgan fingerprint density at radius 3 is 2.45 bits per heavy atom. The minimum atomic E-state index is -0.540. The first-order chi connectivity index (χ1) is 5.12. The fraction of sp³-hybridized carbons (Fsp3) is 0.556. The van der Waals surface area contributed by atoms with Crippen molar-refractivity contribution in [1.82, 2.24) is 0 Å². The summed E-state index contributed by atoms with van der Waals surface area (Å²) in [5.41, 5.74) is 0.442. The van der Waals surface area contributed by atoms with Crippen LogP contribution in [0.5, 0.6) is 0 Å². The number of hydrogen-bond acceptors (Lipinski definition) is 2. The van der Waals surface area contributed by atoms with Crippen LogP contribution in [0.1, 0.15) is 29.9 Å². The summed E-state index contributed by atoms with van der Waals surface area (Å²) in [4.78, 5) is 0. The molecule has 2 heteroatoms. The van der Waals surface area contributed by atoms with Crippen LogP contribution < -0.4 is 0 Å². The Bertz CT molecular complexity index is 282. The van der Waals surface area contributed by atoms with Gasteiger partial charge in [-0.05, 0) is 32.8 Å². The molecule has 1 aromatic rings. The second-order valence-corrected chi connectivity index (χ2v) is 3.36. The molecule has 2 rings (SSSR count). The van der Waals surface area contributed by atoms with Gasteiger partial charge >= 0.3 is 0 Å². The molecule has 11 heavy (non-hydrogen) atoms. The molecule has 1 aliphatic carbocycles. The fourth-order valence-corrected chi connectivity index (χ4v) is 1.48. The van der Waals surface area contributed by atoms with Gasteiger partial charge in [-0.25, -0.2) is 0 Å². The van der Waals surface area contributed by atoms with E-state index in [2.05, 4.69) is 0 Å². The summed E-state index contributed by atoms with van der Waals surface area (Å²) >= 11 is 0. The number of aryl methyl sites for hydroxylation is 2. The molecule has 1 aromatic heterocycles. The average molecular weight is 152 g/mol. The zero-order valence-corrected chi connectivity index (χ0v) is 6.85. The maximum Gasteiger partial charge on any atom is 0.107 e. The van der Waals surface area contributed by atoms with Gasteiger partial charge in [0, 0.05) is 5.56 Å². The van der Waals surface area contributed by atoms with Gasteiger partial charge < -0.3 is 9.52 Å². The van der Waals surface area contributed by atoms with Gasteiger partial charge in [0.15, 0.2) is 0 Å². The summed E-state index contributed by atoms with van der Waals surface area (Å²) < 4.78 is 5.32. The van der Waals surface area contributed by atoms with Crippen LogP contribution in [0, 0.1) is 13.8 Å². The van der Waals surface area contributed by atoms with Gasteiger partial charge in [-0.15, -0.1) is 0 Å². The molecule has 1 N–H and O–H groups in total. The molecule has 0 amide bonds. The molecule has 0 aliphatic heterocycles. The fourth-order valence-electron chi connectivity index (χ4n) is 1.48. The van der Waals surface area contributed by atoms with Gasteiger partial charge in [-0.1, -0.05) is 0 Å². The second kappa shape index (κ2) is 1.89. The van der Waals surface area contributed by atoms with E-state index in [4.69, 9.17) is 4.42 Å². The second-order valence-electron chi connectivity index (χ2n) is 3.36. The van der Waals surface area contributed by atoms with Crippen molar-refractivity contribution in [2.75, 3.05) is 0 Å². The Hall–Kier alpha value is -0.760. The molecule has 1 heterocycles. The molecule has 60 valence electrons. The first-order valence-electron chi connectivity index (χ1n) is 3.92. The van der Waals surface area contributed by atoms with Crippen LogP contribution in [0.2, 0.25) is 0 Å². The largest absolute Gasteiger partial charge is 0.466 e. The van der Waals surface area contributed by atoms with Crippen molar-refractivity contribution >= 4 is 0 Å². The standard InChI is InChI=1S/C9H12O2/c1-6-5-8(7(2)11-6)9(10)3-4-9/h5,10H,3-4H2,1-2H3. The lowest BCUT2D eigenvalue weighted by molar-refractivity contribution is 0.149. The van der Waals surface area contributed by atoms with Crippen LogP contribution in [0.15, 0.2) is 10.5 Å². The SMILES string of the molecule is Cc1cc(C2(O)CC2)c(C)o1. The topological polar surface area (TPSA) is 33.4 Å². The first-order valence-corrected chi connectivity index (χ1v) is 3.92. The zero-order valence-electron chi connectivity index (χ0n) is 6.85. The van der Waals surface area contributed by atoms with Crippen LogP contribution in [0.25, 0.3) is 0 Å². The molecule has 0 spiro atoms. The van der Waals surface area contributed by atoms with Crippen molar-refractivity contribution in [2.24, 2.45) is 0 Å². The Kier molecular flexibility index (Phi) is 1.19. The van der Waals surface area contributed by atoms with E-state index in [1.807, 2.05) is 19.9 Å². The van der Waals surface area contributed by atoms with Crippen LogP contribution in [-0.2, 0) is 5.60 Å². The molecule has 0 atom stereocenters. The van der Waals surface area contributed by atoms with E-state index in [1.54, 1.807) is 0 Å². The van der Waals surface area contributed by atoms with Crippen molar-refractivity contribution in [3.63, 3.8) is 0 Å². The highest BCUT2D eigenvalue weighted by Gasteiger charge is 2.44. The predicted octanol–water partition coefficient (Wildman–Crippen LogP) is 1.88. The van der Waals surface area contributed by atoms with Gasteiger partial charge in [-0.3, -0.25) is 0 Å². The predicted molar refractivity (Wildman–Crippen MR) is 41.3 cm³/mol. The van der Waals surface area contributed by atoms with Crippen molar-refractivity contribution in [1.29, 1.82) is 0 Å². The van der Waals surface area contributed by atoms with Gasteiger partial charge in [-0.2, -0.15) is 0 Å². The van der Waals surface area contributed by atoms with E-state index in [0.717, 1.165) is 29.9 Å². The molecule has 0 radical (unpaired) electrons. The van der Waals surface area contributed by atoms with Gasteiger partial charge in [0.25, 0.3) is 0 Å². The first kappa shape index (κ1) is 6.92. The quantitative estimate of drug-likeness (QED) is 0.666. The number of furan rings is 1. The number of hydrogen-bond donors (Lipinski definition) is 1. The molecule has 0 aromatic carbocycles. The maximum atomic E-state index is 9.73. The zero-order chi connectivity index (χ0) is 8.06. The molecule has 0 saturated heterocycles. The highest BCUT2D eigenvalue weighted by molar-refractivity contribution is 5.31. The lowest BCUT2D eigenvalue weighted by Gasteiger charge is -2.03. The summed E-state index contributed by atoms with van der Waals surface area (Å²) in [6, 6.07) is 1.93. The highest BCUT2D eigenvalue weighted by atomic mass is 16.3. The lowest BCUT2D eigenvalue weighted by atomic mass is 10.1. The molecule has 1 saturated carbocycles. The Labute approximate surface area is 65.8 Å². The highest BCUT2D eigenvalue weighted by Crippen LogP contribution is 2.47. The van der Waals surface area contributed by atoms with Crippen LogP contribution >= 0.6 is 0 Å². The van der Waals surface area contributed by atoms with E-state index in [0.29, 0.717) is 0 Å². The van der Waals surface area contributed by atoms with Crippen molar-refractivity contribution in [2.45, 2.75) is 32.3 Å². The van der Waals surface area contributed by atoms with Crippen LogP contribution in [-0.4, -0.2) is 5.11 Å². The number of rotatable bonds is 1. The third kappa shape index (κ3) is 0.979. The van der Waals surface area contributed by atoms with Crippen LogP contribution in [0.4, 0.5) is 0 Å². The van der Waals surface area contributed by atoms with E-state index >= 15 is 0 Å². The molecule has 0 bridgehead atoms. The smallest absolute Gasteiger partial charge is 0.107 e. The summed E-state index contributed by atoms with van der Waals surface area (Å²) in [6.45, 7) is 3.81.